The molecular weight excluding hydrogens is 443 g/mol. The highest BCUT2D eigenvalue weighted by atomic mass is 33.4. The molecule has 1 aliphatic rings. The summed E-state index contributed by atoms with van der Waals surface area (Å²) in [6.45, 7) is 0. The van der Waals surface area contributed by atoms with Crippen LogP contribution in [0.1, 0.15) is 11.1 Å². The Morgan fingerprint density at radius 3 is 2.40 bits per heavy atom. The van der Waals surface area contributed by atoms with Crippen molar-refractivity contribution in [3.05, 3.63) is 65.9 Å². The second-order valence-corrected chi connectivity index (χ2v) is 14.0. The Kier molecular flexibility index (Phi) is 7.60. The fourth-order valence-corrected chi connectivity index (χ4v) is 11.2. The molecule has 0 spiro atoms. The van der Waals surface area contributed by atoms with Crippen LogP contribution in [0, 0.1) is 0 Å². The van der Waals surface area contributed by atoms with E-state index in [-0.39, 0.29) is 0 Å². The highest BCUT2D eigenvalue weighted by molar-refractivity contribution is 8.68. The van der Waals surface area contributed by atoms with Crippen molar-refractivity contribution in [1.82, 2.24) is 4.98 Å². The van der Waals surface area contributed by atoms with E-state index in [0.717, 1.165) is 12.8 Å². The van der Waals surface area contributed by atoms with Crippen molar-refractivity contribution in [2.75, 3.05) is 0 Å². The molecule has 1 aliphatic carbocycles. The maximum Gasteiger partial charge on any atom is 0.0736 e. The van der Waals surface area contributed by atoms with Crippen molar-refractivity contribution in [3.8, 4) is 11.3 Å². The van der Waals surface area contributed by atoms with Crippen LogP contribution >= 0.6 is 0 Å². The fraction of sp³-hybridized carbons (Fsp3) is 0.118. The molecule has 128 valence electrons. The zero-order valence-corrected chi connectivity index (χ0v) is 18.6. The monoisotopic (exact) mass is 455 g/mol. The van der Waals surface area contributed by atoms with Gasteiger partial charge in [-0.25, -0.2) is 0 Å². The number of fused-ring (bicyclic) bond motifs is 5. The largest absolute Gasteiger partial charge is 0.256 e. The lowest BCUT2D eigenvalue weighted by Crippen LogP contribution is -2.05. The van der Waals surface area contributed by atoms with E-state index >= 15 is 0 Å². The molecule has 0 saturated heterocycles. The highest BCUT2D eigenvalue weighted by Gasteiger charge is 2.18. The van der Waals surface area contributed by atoms with Crippen LogP contribution in [0.5, 0.6) is 0 Å². The van der Waals surface area contributed by atoms with Gasteiger partial charge in [0.15, 0.2) is 0 Å². The smallest absolute Gasteiger partial charge is 0.0736 e. The number of hydrogen-bond donors (Lipinski definition) is 0. The van der Waals surface area contributed by atoms with E-state index < -0.39 is 0 Å². The number of aryl methyl sites for hydroxylation is 2. The molecule has 1 aromatic heterocycles. The molecule has 2 aromatic carbocycles. The predicted octanol–water partition coefficient (Wildman–Crippen LogP) is 3.98. The fourth-order valence-electron chi connectivity index (χ4n) is 3.00. The van der Waals surface area contributed by atoms with Gasteiger partial charge in [-0.1, -0.05) is 42.5 Å². The zero-order chi connectivity index (χ0) is 17.5. The summed E-state index contributed by atoms with van der Waals surface area (Å²) in [5.41, 5.74) is 5.32. The Balaban J connectivity index is 0.000000225. The van der Waals surface area contributed by atoms with Crippen molar-refractivity contribution in [1.29, 1.82) is 0 Å². The van der Waals surface area contributed by atoms with Gasteiger partial charge in [0.1, 0.15) is 0 Å². The van der Waals surface area contributed by atoms with Crippen LogP contribution in [0.4, 0.5) is 0 Å². The van der Waals surface area contributed by atoms with Gasteiger partial charge in [0.25, 0.3) is 0 Å². The summed E-state index contributed by atoms with van der Waals surface area (Å²) >= 11 is 9.14. The molecule has 0 aliphatic heterocycles. The topological polar surface area (TPSA) is 12.9 Å². The quantitative estimate of drug-likeness (QED) is 0.509. The van der Waals surface area contributed by atoms with E-state index in [2.05, 4.69) is 69.8 Å². The number of rotatable bonds is 0. The van der Waals surface area contributed by atoms with Crippen LogP contribution in [-0.4, -0.2) is 4.98 Å². The molecular formula is C17H13NS7. The molecule has 25 heavy (non-hydrogen) atoms. The summed E-state index contributed by atoms with van der Waals surface area (Å²) < 4.78 is 0. The molecule has 0 saturated carbocycles. The molecule has 4 rings (SSSR count). The number of nitrogens with zero attached hydrogens (tertiary/aromatic N) is 1. The summed E-state index contributed by atoms with van der Waals surface area (Å²) in [6.07, 6.45) is 4.11. The average molecular weight is 456 g/mol. The molecule has 0 fully saturated rings. The maximum absolute atomic E-state index is 4.57. The first kappa shape index (κ1) is 19.2. The molecule has 0 unspecified atom stereocenters. The van der Waals surface area contributed by atoms with Crippen molar-refractivity contribution >= 4 is 77.6 Å². The van der Waals surface area contributed by atoms with Crippen LogP contribution in [0.25, 0.3) is 22.0 Å². The lowest BCUT2D eigenvalue weighted by molar-refractivity contribution is 0.936. The first-order valence-electron chi connectivity index (χ1n) is 7.38. The standard InChI is InChI=1S/C17H13N.S7/c1-2-6-14-12(4-1)7-10-16-15(14)9-8-13-5-3-11-18-17(13)16;1-3-5-7-6-4-2/h1-7,10-11H,8-9H2;. The number of pyridine rings is 1. The number of hydrogen-bond acceptors (Lipinski definition) is 3. The summed E-state index contributed by atoms with van der Waals surface area (Å²) in [6, 6.07) is 17.3. The average Bonchev–Trinajstić information content (AvgIpc) is 2.68. The Morgan fingerprint density at radius 2 is 1.60 bits per heavy atom. The molecule has 0 atom stereocenters. The first-order chi connectivity index (χ1) is 12.3. The lowest BCUT2D eigenvalue weighted by Gasteiger charge is -2.20. The molecule has 0 radical (unpaired) electrons. The number of aromatic nitrogens is 1. The second-order valence-electron chi connectivity index (χ2n) is 5.16. The van der Waals surface area contributed by atoms with Crippen LogP contribution in [0.2, 0.25) is 0 Å². The van der Waals surface area contributed by atoms with Crippen molar-refractivity contribution in [3.63, 3.8) is 0 Å². The minimum Gasteiger partial charge on any atom is -0.256 e. The van der Waals surface area contributed by atoms with Crippen LogP contribution in [0.15, 0.2) is 54.7 Å². The molecule has 1 heterocycles. The first-order valence-corrected chi connectivity index (χ1v) is 15.4. The predicted molar refractivity (Wildman–Crippen MR) is 126 cm³/mol. The van der Waals surface area contributed by atoms with E-state index in [1.807, 2.05) is 12.3 Å². The van der Waals surface area contributed by atoms with Gasteiger partial charge in [0.05, 0.1) is 5.69 Å². The minimum absolute atomic E-state index is 1.10. The summed E-state index contributed by atoms with van der Waals surface area (Å²) in [4.78, 5) is 4.57. The van der Waals surface area contributed by atoms with E-state index in [4.69, 9.17) is 0 Å². The third kappa shape index (κ3) is 4.77. The minimum atomic E-state index is 1.10. The van der Waals surface area contributed by atoms with Gasteiger partial charge in [-0.15, -0.1) is 0 Å². The van der Waals surface area contributed by atoms with E-state index in [0.29, 0.717) is 0 Å². The maximum atomic E-state index is 4.57. The van der Waals surface area contributed by atoms with Crippen molar-refractivity contribution < 1.29 is 0 Å². The number of benzene rings is 2. The molecule has 0 amide bonds. The zero-order valence-electron chi connectivity index (χ0n) is 12.9. The molecule has 0 N–H and O–H groups in total. The Labute approximate surface area is 171 Å². The van der Waals surface area contributed by atoms with E-state index in [1.165, 1.54) is 50.9 Å². The summed E-state index contributed by atoms with van der Waals surface area (Å²) in [7, 11) is 7.36. The van der Waals surface area contributed by atoms with Gasteiger partial charge in [0, 0.05) is 78.5 Å². The van der Waals surface area contributed by atoms with Crippen LogP contribution in [0.3, 0.4) is 0 Å². The van der Waals surface area contributed by atoms with Gasteiger partial charge in [-0.3, -0.25) is 4.98 Å². The van der Waals surface area contributed by atoms with Gasteiger partial charge < -0.3 is 0 Å². The Hall–Kier alpha value is -0.610. The highest BCUT2D eigenvalue weighted by Crippen LogP contribution is 2.35. The Bertz CT molecular complexity index is 1100. The van der Waals surface area contributed by atoms with E-state index in [1.54, 1.807) is 26.6 Å². The third-order valence-corrected chi connectivity index (χ3v) is 12.8. The Morgan fingerprint density at radius 1 is 0.800 bits per heavy atom. The lowest BCUT2D eigenvalue weighted by atomic mass is 9.86. The van der Waals surface area contributed by atoms with E-state index in [9.17, 15) is 0 Å². The van der Waals surface area contributed by atoms with Gasteiger partial charge in [0.2, 0.25) is 0 Å². The molecule has 1 nitrogen and oxygen atoms in total. The van der Waals surface area contributed by atoms with Crippen LogP contribution < -0.4 is 0 Å². The molecule has 8 heteroatoms. The molecule has 0 bridgehead atoms. The van der Waals surface area contributed by atoms with Crippen LogP contribution in [-0.2, 0) is 79.6 Å². The second kappa shape index (κ2) is 9.91. The van der Waals surface area contributed by atoms with Crippen molar-refractivity contribution in [2.24, 2.45) is 0 Å². The van der Waals surface area contributed by atoms with Gasteiger partial charge in [-0.05, 0) is 40.8 Å². The SMILES string of the molecule is S=S=S=S=S=S=S.c1cnc2c(c1)CCc1c-2ccc2ccccc12. The summed E-state index contributed by atoms with van der Waals surface area (Å²) in [5.74, 6) is 0. The van der Waals surface area contributed by atoms with Gasteiger partial charge in [-0.2, -0.15) is 0 Å². The summed E-state index contributed by atoms with van der Waals surface area (Å²) in [5, 5.41) is 2.71. The van der Waals surface area contributed by atoms with Crippen molar-refractivity contribution in [2.45, 2.75) is 12.8 Å². The normalized spacial score (nSPS) is 11.2. The molecule has 3 aromatic rings. The third-order valence-electron chi connectivity index (χ3n) is 3.94. The van der Waals surface area contributed by atoms with Gasteiger partial charge >= 0.3 is 0 Å².